The highest BCUT2D eigenvalue weighted by Crippen LogP contribution is 2.31. The molecular weight excluding hydrogens is 346 g/mol. The van der Waals surface area contributed by atoms with Gasteiger partial charge in [0.15, 0.2) is 0 Å². The van der Waals surface area contributed by atoms with Gasteiger partial charge in [-0.1, -0.05) is 5.16 Å². The minimum absolute atomic E-state index is 0.536. The summed E-state index contributed by atoms with van der Waals surface area (Å²) in [5.41, 5.74) is 2.98. The van der Waals surface area contributed by atoms with E-state index < -0.39 is 0 Å². The van der Waals surface area contributed by atoms with Crippen LogP contribution in [-0.2, 0) is 11.2 Å². The molecule has 4 heterocycles. The van der Waals surface area contributed by atoms with Gasteiger partial charge in [0.05, 0.1) is 19.8 Å². The molecule has 27 heavy (non-hydrogen) atoms. The molecule has 0 aliphatic carbocycles. The molecule has 1 saturated heterocycles. The molecule has 1 N–H and O–H groups in total. The molecular formula is C19H19N5O3. The number of nitrogens with zero attached hydrogens (tertiary/aromatic N) is 4. The maximum absolute atomic E-state index is 5.55. The molecule has 0 radical (unpaired) electrons. The second-order valence-electron chi connectivity index (χ2n) is 6.46. The van der Waals surface area contributed by atoms with Gasteiger partial charge in [0, 0.05) is 37.3 Å². The monoisotopic (exact) mass is 365 g/mol. The highest BCUT2D eigenvalue weighted by molar-refractivity contribution is 5.66. The van der Waals surface area contributed by atoms with E-state index in [1.807, 2.05) is 18.2 Å². The van der Waals surface area contributed by atoms with Gasteiger partial charge in [-0.25, -0.2) is 4.98 Å². The Hall–Kier alpha value is -3.13. The summed E-state index contributed by atoms with van der Waals surface area (Å²) in [6, 6.07) is 9.75. The number of hydrogen-bond acceptors (Lipinski definition) is 8. The van der Waals surface area contributed by atoms with E-state index in [0.717, 1.165) is 43.1 Å². The van der Waals surface area contributed by atoms with Gasteiger partial charge in [-0.3, -0.25) is 0 Å². The van der Waals surface area contributed by atoms with E-state index in [2.05, 4.69) is 31.4 Å². The first-order chi connectivity index (χ1) is 13.3. The van der Waals surface area contributed by atoms with E-state index in [4.69, 9.17) is 14.0 Å². The minimum atomic E-state index is 0.536. The van der Waals surface area contributed by atoms with Crippen LogP contribution in [-0.4, -0.2) is 48.0 Å². The second-order valence-corrected chi connectivity index (χ2v) is 6.46. The highest BCUT2D eigenvalue weighted by atomic mass is 16.5. The summed E-state index contributed by atoms with van der Waals surface area (Å²) in [5.74, 6) is 2.84. The van der Waals surface area contributed by atoms with Crippen LogP contribution in [0.5, 0.6) is 5.75 Å². The van der Waals surface area contributed by atoms with Crippen molar-refractivity contribution in [1.29, 1.82) is 0 Å². The summed E-state index contributed by atoms with van der Waals surface area (Å²) in [4.78, 5) is 11.0. The Labute approximate surface area is 156 Å². The van der Waals surface area contributed by atoms with Crippen molar-refractivity contribution in [2.24, 2.45) is 0 Å². The SMILES string of the molecule is c1cc(Nc2cc(-c3ccc4c(c3)CCO4)no2)nc(N2CCOCC2)n1. The highest BCUT2D eigenvalue weighted by Gasteiger charge is 2.16. The molecule has 2 aliphatic heterocycles. The van der Waals surface area contributed by atoms with Crippen molar-refractivity contribution >= 4 is 17.7 Å². The van der Waals surface area contributed by atoms with Crippen LogP contribution < -0.4 is 15.0 Å². The molecule has 1 aromatic carbocycles. The number of aromatic nitrogens is 3. The third-order valence-corrected chi connectivity index (χ3v) is 4.68. The van der Waals surface area contributed by atoms with E-state index >= 15 is 0 Å². The quantitative estimate of drug-likeness (QED) is 0.755. The number of ether oxygens (including phenoxy) is 2. The summed E-state index contributed by atoms with van der Waals surface area (Å²) in [6.45, 7) is 3.70. The first kappa shape index (κ1) is 16.1. The molecule has 2 aliphatic rings. The smallest absolute Gasteiger partial charge is 0.230 e. The summed E-state index contributed by atoms with van der Waals surface area (Å²) in [6.07, 6.45) is 2.66. The average molecular weight is 365 g/mol. The van der Waals surface area contributed by atoms with Crippen LogP contribution in [0.25, 0.3) is 11.3 Å². The summed E-state index contributed by atoms with van der Waals surface area (Å²) < 4.78 is 16.4. The molecule has 5 rings (SSSR count). The van der Waals surface area contributed by atoms with Crippen molar-refractivity contribution in [2.45, 2.75) is 6.42 Å². The standard InChI is InChI=1S/C19H19N5O3/c1-2-16-14(4-8-26-16)11-13(1)15-12-18(27-23-15)21-17-3-5-20-19(22-17)24-6-9-25-10-7-24/h1-3,5,11-12H,4,6-10H2,(H,20,21,22). The van der Waals surface area contributed by atoms with Crippen molar-refractivity contribution in [2.75, 3.05) is 43.1 Å². The Morgan fingerprint density at radius 1 is 1.04 bits per heavy atom. The third-order valence-electron chi connectivity index (χ3n) is 4.68. The number of rotatable bonds is 4. The van der Waals surface area contributed by atoms with Crippen LogP contribution >= 0.6 is 0 Å². The van der Waals surface area contributed by atoms with E-state index in [1.165, 1.54) is 5.56 Å². The van der Waals surface area contributed by atoms with Crippen LogP contribution in [0.4, 0.5) is 17.7 Å². The largest absolute Gasteiger partial charge is 0.493 e. The number of anilines is 3. The Kier molecular flexibility index (Phi) is 4.10. The number of benzene rings is 1. The maximum Gasteiger partial charge on any atom is 0.230 e. The molecule has 0 saturated carbocycles. The third kappa shape index (κ3) is 3.31. The lowest BCUT2D eigenvalue weighted by atomic mass is 10.1. The number of nitrogens with one attached hydrogen (secondary N) is 1. The normalized spacial score (nSPS) is 16.1. The number of hydrogen-bond donors (Lipinski definition) is 1. The molecule has 138 valence electrons. The van der Waals surface area contributed by atoms with Crippen LogP contribution in [0.3, 0.4) is 0 Å². The maximum atomic E-state index is 5.55. The fourth-order valence-corrected chi connectivity index (χ4v) is 3.28. The van der Waals surface area contributed by atoms with Crippen LogP contribution in [0.1, 0.15) is 5.56 Å². The molecule has 0 amide bonds. The van der Waals surface area contributed by atoms with Gasteiger partial charge in [-0.15, -0.1) is 0 Å². The molecule has 8 heteroatoms. The van der Waals surface area contributed by atoms with Crippen molar-refractivity contribution in [3.8, 4) is 17.0 Å². The van der Waals surface area contributed by atoms with Gasteiger partial charge in [0.2, 0.25) is 11.8 Å². The first-order valence-electron chi connectivity index (χ1n) is 9.01. The van der Waals surface area contributed by atoms with Crippen LogP contribution in [0.2, 0.25) is 0 Å². The van der Waals surface area contributed by atoms with E-state index in [9.17, 15) is 0 Å². The molecule has 1 fully saturated rings. The first-order valence-corrected chi connectivity index (χ1v) is 9.01. The second kappa shape index (κ2) is 6.88. The predicted octanol–water partition coefficient (Wildman–Crippen LogP) is 2.65. The molecule has 8 nitrogen and oxygen atoms in total. The Bertz CT molecular complexity index is 952. The minimum Gasteiger partial charge on any atom is -0.493 e. The van der Waals surface area contributed by atoms with Crippen molar-refractivity contribution in [1.82, 2.24) is 15.1 Å². The van der Waals surface area contributed by atoms with Gasteiger partial charge in [-0.05, 0) is 29.8 Å². The van der Waals surface area contributed by atoms with Crippen molar-refractivity contribution in [3.05, 3.63) is 42.1 Å². The molecule has 3 aromatic rings. The topological polar surface area (TPSA) is 85.5 Å². The van der Waals surface area contributed by atoms with Gasteiger partial charge >= 0.3 is 0 Å². The van der Waals surface area contributed by atoms with E-state index in [1.54, 1.807) is 12.3 Å². The van der Waals surface area contributed by atoms with E-state index in [0.29, 0.717) is 30.9 Å². The molecule has 0 spiro atoms. The van der Waals surface area contributed by atoms with E-state index in [-0.39, 0.29) is 0 Å². The zero-order valence-corrected chi connectivity index (χ0v) is 14.7. The lowest BCUT2D eigenvalue weighted by molar-refractivity contribution is 0.122. The van der Waals surface area contributed by atoms with Gasteiger partial charge in [-0.2, -0.15) is 4.98 Å². The van der Waals surface area contributed by atoms with Gasteiger partial charge in [0.25, 0.3) is 0 Å². The summed E-state index contributed by atoms with van der Waals surface area (Å²) >= 11 is 0. The van der Waals surface area contributed by atoms with Crippen LogP contribution in [0, 0.1) is 0 Å². The fraction of sp³-hybridized carbons (Fsp3) is 0.316. The summed E-state index contributed by atoms with van der Waals surface area (Å²) in [7, 11) is 0. The zero-order valence-electron chi connectivity index (χ0n) is 14.7. The van der Waals surface area contributed by atoms with Crippen molar-refractivity contribution < 1.29 is 14.0 Å². The molecule has 0 bridgehead atoms. The Morgan fingerprint density at radius 2 is 1.96 bits per heavy atom. The average Bonchev–Trinajstić information content (AvgIpc) is 3.37. The Morgan fingerprint density at radius 3 is 2.89 bits per heavy atom. The van der Waals surface area contributed by atoms with Crippen molar-refractivity contribution in [3.63, 3.8) is 0 Å². The molecule has 0 unspecified atom stereocenters. The van der Waals surface area contributed by atoms with Gasteiger partial charge < -0.3 is 24.2 Å². The van der Waals surface area contributed by atoms with Crippen LogP contribution in [0.15, 0.2) is 41.1 Å². The summed E-state index contributed by atoms with van der Waals surface area (Å²) in [5, 5.41) is 7.33. The fourth-order valence-electron chi connectivity index (χ4n) is 3.28. The van der Waals surface area contributed by atoms with Gasteiger partial charge in [0.1, 0.15) is 17.3 Å². The predicted molar refractivity (Wildman–Crippen MR) is 99.5 cm³/mol. The Balaban J connectivity index is 1.33. The molecule has 2 aromatic heterocycles. The number of morpholine rings is 1. The molecule has 0 atom stereocenters. The lowest BCUT2D eigenvalue weighted by Crippen LogP contribution is -2.37. The lowest BCUT2D eigenvalue weighted by Gasteiger charge is -2.26. The zero-order chi connectivity index (χ0) is 18.1. The number of fused-ring (bicyclic) bond motifs is 1.